The molecule has 0 aromatic carbocycles. The lowest BCUT2D eigenvalue weighted by Gasteiger charge is -2.29. The molecule has 3 atom stereocenters. The Labute approximate surface area is 110 Å². The van der Waals surface area contributed by atoms with Crippen LogP contribution in [0.4, 0.5) is 0 Å². The van der Waals surface area contributed by atoms with Crippen molar-refractivity contribution >= 4 is 23.6 Å². The van der Waals surface area contributed by atoms with E-state index < -0.39 is 12.0 Å². The first kappa shape index (κ1) is 12.3. The molecule has 1 amide bonds. The summed E-state index contributed by atoms with van der Waals surface area (Å²) in [4.78, 5) is 25.4. The van der Waals surface area contributed by atoms with Crippen LogP contribution in [0.3, 0.4) is 0 Å². The molecule has 6 heteroatoms. The number of carboxylic acid groups (broad SMARTS) is 1. The number of amides is 1. The van der Waals surface area contributed by atoms with Crippen LogP contribution in [0.1, 0.15) is 19.3 Å². The van der Waals surface area contributed by atoms with Gasteiger partial charge in [-0.25, -0.2) is 4.79 Å². The van der Waals surface area contributed by atoms with Crippen molar-refractivity contribution in [2.45, 2.75) is 30.7 Å². The van der Waals surface area contributed by atoms with Crippen molar-refractivity contribution in [1.82, 2.24) is 4.90 Å². The Kier molecular flexibility index (Phi) is 3.23. The van der Waals surface area contributed by atoms with Gasteiger partial charge in [-0.2, -0.15) is 0 Å². The third-order valence-corrected chi connectivity index (χ3v) is 5.34. The molecule has 2 heterocycles. The molecule has 1 saturated carbocycles. The van der Waals surface area contributed by atoms with E-state index >= 15 is 0 Å². The van der Waals surface area contributed by atoms with E-state index in [-0.39, 0.29) is 17.2 Å². The maximum Gasteiger partial charge on any atom is 0.327 e. The van der Waals surface area contributed by atoms with Crippen LogP contribution in [0.25, 0.3) is 0 Å². The lowest BCUT2D eigenvalue weighted by Crippen LogP contribution is -2.48. The van der Waals surface area contributed by atoms with Gasteiger partial charge in [-0.05, 0) is 25.2 Å². The van der Waals surface area contributed by atoms with E-state index in [4.69, 9.17) is 4.74 Å². The van der Waals surface area contributed by atoms with Gasteiger partial charge in [0.05, 0.1) is 17.9 Å². The molecule has 0 bridgehead atoms. The summed E-state index contributed by atoms with van der Waals surface area (Å²) in [5.74, 6) is 0.00709. The second kappa shape index (κ2) is 4.74. The molecule has 1 aliphatic carbocycles. The van der Waals surface area contributed by atoms with Crippen molar-refractivity contribution in [1.29, 1.82) is 0 Å². The second-order valence-corrected chi connectivity index (χ2v) is 6.37. The molecule has 5 nitrogen and oxygen atoms in total. The SMILES string of the molecule is O=C(O)C1CSC(C2CC2)N1C(=O)C1CCOC1. The molecular formula is C12H17NO4S. The molecule has 18 heavy (non-hydrogen) atoms. The number of rotatable bonds is 3. The highest BCUT2D eigenvalue weighted by atomic mass is 32.2. The molecule has 3 unspecified atom stereocenters. The number of nitrogens with zero attached hydrogens (tertiary/aromatic N) is 1. The molecule has 100 valence electrons. The Morgan fingerprint density at radius 2 is 2.06 bits per heavy atom. The summed E-state index contributed by atoms with van der Waals surface area (Å²) >= 11 is 1.63. The highest BCUT2D eigenvalue weighted by Crippen LogP contribution is 2.46. The molecule has 2 aliphatic heterocycles. The van der Waals surface area contributed by atoms with Crippen LogP contribution in [0, 0.1) is 11.8 Å². The van der Waals surface area contributed by atoms with E-state index in [1.54, 1.807) is 16.7 Å². The Hall–Kier alpha value is -0.750. The minimum Gasteiger partial charge on any atom is -0.480 e. The number of carbonyl (C=O) groups is 2. The van der Waals surface area contributed by atoms with E-state index in [9.17, 15) is 14.7 Å². The van der Waals surface area contributed by atoms with Crippen LogP contribution < -0.4 is 0 Å². The van der Waals surface area contributed by atoms with Crippen molar-refractivity contribution in [2.75, 3.05) is 19.0 Å². The molecule has 2 saturated heterocycles. The largest absolute Gasteiger partial charge is 0.480 e. The summed E-state index contributed by atoms with van der Waals surface area (Å²) in [5, 5.41) is 9.34. The Morgan fingerprint density at radius 1 is 1.28 bits per heavy atom. The average Bonchev–Trinajstić information content (AvgIpc) is 2.91. The minimum absolute atomic E-state index is 0.0122. The zero-order valence-corrected chi connectivity index (χ0v) is 10.9. The first-order chi connectivity index (χ1) is 8.68. The summed E-state index contributed by atoms with van der Waals surface area (Å²) in [6.45, 7) is 1.06. The van der Waals surface area contributed by atoms with Gasteiger partial charge in [0.1, 0.15) is 6.04 Å². The molecule has 0 aromatic rings. The monoisotopic (exact) mass is 271 g/mol. The molecular weight excluding hydrogens is 254 g/mol. The van der Waals surface area contributed by atoms with Crippen LogP contribution in [-0.4, -0.2) is 52.3 Å². The van der Waals surface area contributed by atoms with Crippen molar-refractivity contribution in [2.24, 2.45) is 11.8 Å². The van der Waals surface area contributed by atoms with Gasteiger partial charge in [0.15, 0.2) is 0 Å². The third-order valence-electron chi connectivity index (χ3n) is 3.88. The number of hydrogen-bond acceptors (Lipinski definition) is 4. The van der Waals surface area contributed by atoms with Gasteiger partial charge in [-0.3, -0.25) is 4.79 Å². The van der Waals surface area contributed by atoms with Gasteiger partial charge >= 0.3 is 5.97 Å². The number of thioether (sulfide) groups is 1. The van der Waals surface area contributed by atoms with E-state index in [0.29, 0.717) is 24.9 Å². The number of ether oxygens (including phenoxy) is 1. The van der Waals surface area contributed by atoms with Crippen LogP contribution in [0.2, 0.25) is 0 Å². The molecule has 3 aliphatic rings. The van der Waals surface area contributed by atoms with Gasteiger partial charge < -0.3 is 14.7 Å². The zero-order valence-electron chi connectivity index (χ0n) is 10.1. The fourth-order valence-corrected chi connectivity index (χ4v) is 4.32. The lowest BCUT2D eigenvalue weighted by molar-refractivity contribution is -0.151. The first-order valence-corrected chi connectivity index (χ1v) is 7.47. The van der Waals surface area contributed by atoms with Gasteiger partial charge in [0, 0.05) is 12.4 Å². The quantitative estimate of drug-likeness (QED) is 0.822. The highest BCUT2D eigenvalue weighted by Gasteiger charge is 2.49. The zero-order chi connectivity index (χ0) is 12.7. The van der Waals surface area contributed by atoms with Gasteiger partial charge in [-0.15, -0.1) is 11.8 Å². The Balaban J connectivity index is 1.78. The van der Waals surface area contributed by atoms with E-state index in [1.807, 2.05) is 0 Å². The summed E-state index contributed by atoms with van der Waals surface area (Å²) in [6.07, 6.45) is 2.97. The van der Waals surface area contributed by atoms with E-state index in [1.165, 1.54) is 0 Å². The van der Waals surface area contributed by atoms with Gasteiger partial charge in [0.2, 0.25) is 5.91 Å². The first-order valence-electron chi connectivity index (χ1n) is 6.43. The Bertz CT molecular complexity index is 365. The van der Waals surface area contributed by atoms with Gasteiger partial charge in [0.25, 0.3) is 0 Å². The van der Waals surface area contributed by atoms with Crippen LogP contribution in [0.15, 0.2) is 0 Å². The fraction of sp³-hybridized carbons (Fsp3) is 0.833. The molecule has 0 radical (unpaired) electrons. The van der Waals surface area contributed by atoms with Crippen LogP contribution in [0.5, 0.6) is 0 Å². The standard InChI is InChI=1S/C12H17NO4S/c14-10(8-3-4-17-5-8)13-9(12(15)16)6-18-11(13)7-1-2-7/h7-9,11H,1-6H2,(H,15,16). The molecule has 0 spiro atoms. The van der Waals surface area contributed by atoms with E-state index in [2.05, 4.69) is 0 Å². The van der Waals surface area contributed by atoms with Crippen molar-refractivity contribution in [3.8, 4) is 0 Å². The maximum absolute atomic E-state index is 12.5. The van der Waals surface area contributed by atoms with Crippen molar-refractivity contribution in [3.05, 3.63) is 0 Å². The van der Waals surface area contributed by atoms with Crippen LogP contribution in [-0.2, 0) is 14.3 Å². The second-order valence-electron chi connectivity index (χ2n) is 5.22. The normalized spacial score (nSPS) is 36.0. The number of carboxylic acids is 1. The highest BCUT2D eigenvalue weighted by molar-refractivity contribution is 8.00. The van der Waals surface area contributed by atoms with Crippen molar-refractivity contribution < 1.29 is 19.4 Å². The number of hydrogen-bond donors (Lipinski definition) is 1. The third kappa shape index (κ3) is 2.12. The summed E-state index contributed by atoms with van der Waals surface area (Å²) in [7, 11) is 0. The minimum atomic E-state index is -0.877. The average molecular weight is 271 g/mol. The predicted octanol–water partition coefficient (Wildman–Crippen LogP) is 0.788. The Morgan fingerprint density at radius 3 is 2.61 bits per heavy atom. The summed E-state index contributed by atoms with van der Waals surface area (Å²) in [6, 6.07) is -0.645. The molecule has 3 fully saturated rings. The molecule has 3 rings (SSSR count). The lowest BCUT2D eigenvalue weighted by atomic mass is 10.1. The molecule has 0 aromatic heterocycles. The molecule has 1 N–H and O–H groups in total. The smallest absolute Gasteiger partial charge is 0.327 e. The van der Waals surface area contributed by atoms with E-state index in [0.717, 1.165) is 19.3 Å². The van der Waals surface area contributed by atoms with Gasteiger partial charge in [-0.1, -0.05) is 0 Å². The number of carbonyl (C=O) groups excluding carboxylic acids is 1. The van der Waals surface area contributed by atoms with Crippen molar-refractivity contribution in [3.63, 3.8) is 0 Å². The topological polar surface area (TPSA) is 66.8 Å². The van der Waals surface area contributed by atoms with Crippen LogP contribution >= 0.6 is 11.8 Å². The summed E-state index contributed by atoms with van der Waals surface area (Å²) < 4.78 is 5.24. The number of aliphatic carboxylic acids is 1. The maximum atomic E-state index is 12.5. The fourth-order valence-electron chi connectivity index (χ4n) is 2.68. The summed E-state index contributed by atoms with van der Waals surface area (Å²) in [5.41, 5.74) is 0. The predicted molar refractivity (Wildman–Crippen MR) is 66.2 cm³/mol.